The van der Waals surface area contributed by atoms with Gasteiger partial charge >= 0.3 is 0 Å². The molecule has 0 bridgehead atoms. The first kappa shape index (κ1) is 6.98. The standard InChI is InChI=1S/C4H9BO2/c1-2-3-4-5(6)7/h2-4H2,1H3/q-2. The van der Waals surface area contributed by atoms with Crippen LogP contribution in [-0.2, 0) is 0 Å². The molecule has 3 heteroatoms. The molecule has 0 heterocycles. The summed E-state index contributed by atoms with van der Waals surface area (Å²) in [7, 11) is -1.60. The molecule has 0 saturated heterocycles. The van der Waals surface area contributed by atoms with Gasteiger partial charge in [-0.15, -0.1) is 13.4 Å². The number of hydrogen-bond acceptors (Lipinski definition) is 2. The predicted molar refractivity (Wildman–Crippen MR) is 25.5 cm³/mol. The third-order valence-corrected chi connectivity index (χ3v) is 0.793. The van der Waals surface area contributed by atoms with Crippen molar-refractivity contribution in [2.75, 3.05) is 0 Å². The summed E-state index contributed by atoms with van der Waals surface area (Å²) in [4.78, 5) is 0. The Hall–Kier alpha value is -0.0151. The molecule has 0 amide bonds. The Morgan fingerprint density at radius 1 is 1.43 bits per heavy atom. The molecule has 0 aromatic rings. The second kappa shape index (κ2) is 4.15. The predicted octanol–water partition coefficient (Wildman–Crippen LogP) is -1.00. The molecular formula is C4H9BO2-2. The van der Waals surface area contributed by atoms with E-state index in [2.05, 4.69) is 0 Å². The van der Waals surface area contributed by atoms with Gasteiger partial charge in [0, 0.05) is 0 Å². The fraction of sp³-hybridized carbons (Fsp3) is 1.00. The van der Waals surface area contributed by atoms with E-state index >= 15 is 0 Å². The minimum atomic E-state index is -1.60. The average Bonchev–Trinajstić information content (AvgIpc) is 1.61. The van der Waals surface area contributed by atoms with E-state index < -0.39 is 7.12 Å². The SMILES string of the molecule is CCCCB([O-])[O-]. The molecule has 0 aromatic heterocycles. The zero-order valence-electron chi connectivity index (χ0n) is 4.52. The second-order valence-corrected chi connectivity index (χ2v) is 1.57. The van der Waals surface area contributed by atoms with Crippen LogP contribution >= 0.6 is 0 Å². The highest BCUT2D eigenvalue weighted by Crippen LogP contribution is 1.91. The van der Waals surface area contributed by atoms with E-state index in [0.717, 1.165) is 12.8 Å². The first-order valence-corrected chi connectivity index (χ1v) is 2.59. The quantitative estimate of drug-likeness (QED) is 0.427. The second-order valence-electron chi connectivity index (χ2n) is 1.57. The lowest BCUT2D eigenvalue weighted by Gasteiger charge is -2.25. The Balaban J connectivity index is 2.68. The molecule has 0 spiro atoms. The van der Waals surface area contributed by atoms with E-state index in [9.17, 15) is 10.0 Å². The van der Waals surface area contributed by atoms with Crippen molar-refractivity contribution in [1.29, 1.82) is 0 Å². The Morgan fingerprint density at radius 2 is 2.00 bits per heavy atom. The molecule has 0 atom stereocenters. The van der Waals surface area contributed by atoms with E-state index in [4.69, 9.17) is 0 Å². The van der Waals surface area contributed by atoms with E-state index in [1.807, 2.05) is 6.92 Å². The first-order valence-electron chi connectivity index (χ1n) is 2.59. The summed E-state index contributed by atoms with van der Waals surface area (Å²) in [5, 5.41) is 19.5. The minimum Gasteiger partial charge on any atom is -0.893 e. The van der Waals surface area contributed by atoms with Gasteiger partial charge in [0.25, 0.3) is 0 Å². The van der Waals surface area contributed by atoms with Crippen molar-refractivity contribution in [3.05, 3.63) is 0 Å². The molecule has 42 valence electrons. The molecule has 0 rings (SSSR count). The molecule has 0 aromatic carbocycles. The van der Waals surface area contributed by atoms with Crippen LogP contribution in [0.2, 0.25) is 6.32 Å². The lowest BCUT2D eigenvalue weighted by atomic mass is 9.84. The molecule has 7 heavy (non-hydrogen) atoms. The van der Waals surface area contributed by atoms with Crippen molar-refractivity contribution in [2.24, 2.45) is 0 Å². The third kappa shape index (κ3) is 5.98. The molecule has 0 aliphatic carbocycles. The van der Waals surface area contributed by atoms with E-state index in [0.29, 0.717) is 0 Å². The summed E-state index contributed by atoms with van der Waals surface area (Å²) < 4.78 is 0. The maximum atomic E-state index is 9.73. The van der Waals surface area contributed by atoms with Crippen LogP contribution in [0.25, 0.3) is 0 Å². The lowest BCUT2D eigenvalue weighted by Crippen LogP contribution is -2.44. The van der Waals surface area contributed by atoms with Gasteiger partial charge in [0.15, 0.2) is 0 Å². The number of unbranched alkanes of at least 4 members (excludes halogenated alkanes) is 1. The Bertz CT molecular complexity index is 38.7. The van der Waals surface area contributed by atoms with Crippen LogP contribution in [-0.4, -0.2) is 7.12 Å². The fourth-order valence-corrected chi connectivity index (χ4v) is 0.371. The van der Waals surface area contributed by atoms with Gasteiger partial charge in [-0.3, -0.25) is 0 Å². The average molecular weight is 99.9 g/mol. The molecule has 0 aliphatic heterocycles. The maximum absolute atomic E-state index is 9.73. The number of rotatable bonds is 3. The zero-order valence-corrected chi connectivity index (χ0v) is 4.52. The van der Waals surface area contributed by atoms with Crippen molar-refractivity contribution in [3.63, 3.8) is 0 Å². The molecule has 0 saturated carbocycles. The Morgan fingerprint density at radius 3 is 2.14 bits per heavy atom. The van der Waals surface area contributed by atoms with Crippen LogP contribution in [0.3, 0.4) is 0 Å². The Kier molecular flexibility index (Phi) is 4.14. The monoisotopic (exact) mass is 100 g/mol. The summed E-state index contributed by atoms with van der Waals surface area (Å²) in [5.74, 6) is 0. The Labute approximate surface area is 44.3 Å². The van der Waals surface area contributed by atoms with Crippen LogP contribution in [0.1, 0.15) is 19.8 Å². The lowest BCUT2D eigenvalue weighted by molar-refractivity contribution is -0.348. The fourth-order valence-electron chi connectivity index (χ4n) is 0.371. The van der Waals surface area contributed by atoms with Crippen LogP contribution in [0.15, 0.2) is 0 Å². The van der Waals surface area contributed by atoms with Gasteiger partial charge in [0.1, 0.15) is 0 Å². The summed E-state index contributed by atoms with van der Waals surface area (Å²) in [6.07, 6.45) is 2.01. The maximum Gasteiger partial charge on any atom is -0.0569 e. The molecule has 0 fully saturated rings. The molecule has 2 nitrogen and oxygen atoms in total. The van der Waals surface area contributed by atoms with Crippen molar-refractivity contribution < 1.29 is 10.0 Å². The van der Waals surface area contributed by atoms with Crippen molar-refractivity contribution in [3.8, 4) is 0 Å². The molecular weight excluding hydrogens is 90.9 g/mol. The highest BCUT2D eigenvalue weighted by Gasteiger charge is 1.76. The molecule has 0 radical (unpaired) electrons. The van der Waals surface area contributed by atoms with Gasteiger partial charge in [-0.25, -0.2) is 0 Å². The smallest absolute Gasteiger partial charge is 0.0569 e. The topological polar surface area (TPSA) is 46.1 Å². The number of hydrogen-bond donors (Lipinski definition) is 0. The van der Waals surface area contributed by atoms with Gasteiger partial charge in [0.2, 0.25) is 0 Å². The third-order valence-electron chi connectivity index (χ3n) is 0.793. The van der Waals surface area contributed by atoms with E-state index in [1.54, 1.807) is 0 Å². The van der Waals surface area contributed by atoms with Crippen LogP contribution in [0.4, 0.5) is 0 Å². The van der Waals surface area contributed by atoms with Crippen LogP contribution < -0.4 is 10.0 Å². The zero-order chi connectivity index (χ0) is 5.70. The van der Waals surface area contributed by atoms with Crippen LogP contribution in [0.5, 0.6) is 0 Å². The minimum absolute atomic E-state index is 0.288. The van der Waals surface area contributed by atoms with Gasteiger partial charge in [-0.2, -0.15) is 0 Å². The van der Waals surface area contributed by atoms with Gasteiger partial charge < -0.3 is 10.0 Å². The van der Waals surface area contributed by atoms with E-state index in [1.165, 1.54) is 0 Å². The molecule has 0 aliphatic rings. The highest BCUT2D eigenvalue weighted by molar-refractivity contribution is 6.36. The van der Waals surface area contributed by atoms with Gasteiger partial charge in [-0.1, -0.05) is 19.8 Å². The summed E-state index contributed by atoms with van der Waals surface area (Å²) in [5.41, 5.74) is 0. The summed E-state index contributed by atoms with van der Waals surface area (Å²) in [6, 6.07) is 0. The van der Waals surface area contributed by atoms with Crippen LogP contribution in [0, 0.1) is 0 Å². The molecule has 0 N–H and O–H groups in total. The summed E-state index contributed by atoms with van der Waals surface area (Å²) >= 11 is 0. The van der Waals surface area contributed by atoms with E-state index in [-0.39, 0.29) is 6.32 Å². The molecule has 0 unspecified atom stereocenters. The van der Waals surface area contributed by atoms with Gasteiger partial charge in [-0.05, 0) is 0 Å². The highest BCUT2D eigenvalue weighted by atomic mass is 16.4. The van der Waals surface area contributed by atoms with Crippen molar-refractivity contribution in [1.82, 2.24) is 0 Å². The normalized spacial score (nSPS) is 9.00. The van der Waals surface area contributed by atoms with Crippen molar-refractivity contribution >= 4 is 7.12 Å². The first-order chi connectivity index (χ1) is 3.27. The largest absolute Gasteiger partial charge is 0.893 e. The van der Waals surface area contributed by atoms with Gasteiger partial charge in [0.05, 0.1) is 0 Å². The summed E-state index contributed by atoms with van der Waals surface area (Å²) in [6.45, 7) is 1.96. The van der Waals surface area contributed by atoms with Crippen molar-refractivity contribution in [2.45, 2.75) is 26.1 Å².